The molecule has 0 aliphatic heterocycles. The molecule has 5 nitrogen and oxygen atoms in total. The molecular weight excluding hydrogens is 340 g/mol. The minimum atomic E-state index is -0.383. The fourth-order valence-corrected chi connectivity index (χ4v) is 2.54. The van der Waals surface area contributed by atoms with Crippen molar-refractivity contribution in [1.29, 1.82) is 0 Å². The van der Waals surface area contributed by atoms with E-state index in [1.165, 1.54) is 0 Å². The SMILES string of the molecule is CCOC(=O)c1ccccc1NCCC(=O)Nc1ccc(Cl)cc1C. The molecule has 0 unspecified atom stereocenters. The minimum absolute atomic E-state index is 0.119. The first-order chi connectivity index (χ1) is 12.0. The maximum absolute atomic E-state index is 12.1. The van der Waals surface area contributed by atoms with Crippen molar-refractivity contribution < 1.29 is 14.3 Å². The molecule has 25 heavy (non-hydrogen) atoms. The number of hydrogen-bond acceptors (Lipinski definition) is 4. The van der Waals surface area contributed by atoms with Gasteiger partial charge in [-0.15, -0.1) is 0 Å². The second-order valence-electron chi connectivity index (χ2n) is 5.45. The van der Waals surface area contributed by atoms with E-state index in [2.05, 4.69) is 10.6 Å². The average Bonchev–Trinajstić information content (AvgIpc) is 2.58. The van der Waals surface area contributed by atoms with Gasteiger partial charge in [0.15, 0.2) is 0 Å². The van der Waals surface area contributed by atoms with Gasteiger partial charge in [0.1, 0.15) is 0 Å². The number of ether oxygens (including phenoxy) is 1. The van der Waals surface area contributed by atoms with Crippen LogP contribution in [0.2, 0.25) is 5.02 Å². The van der Waals surface area contributed by atoms with Crippen molar-refractivity contribution in [2.45, 2.75) is 20.3 Å². The van der Waals surface area contributed by atoms with Crippen LogP contribution in [0.3, 0.4) is 0 Å². The van der Waals surface area contributed by atoms with E-state index in [1.807, 2.05) is 13.0 Å². The number of hydrogen-bond donors (Lipinski definition) is 2. The highest BCUT2D eigenvalue weighted by Gasteiger charge is 2.12. The smallest absolute Gasteiger partial charge is 0.340 e. The molecule has 0 aromatic heterocycles. The van der Waals surface area contributed by atoms with Crippen molar-refractivity contribution in [1.82, 2.24) is 0 Å². The lowest BCUT2D eigenvalue weighted by Crippen LogP contribution is -2.18. The predicted octanol–water partition coefficient (Wildman–Crippen LogP) is 4.27. The van der Waals surface area contributed by atoms with Gasteiger partial charge in [0, 0.05) is 29.4 Å². The summed E-state index contributed by atoms with van der Waals surface area (Å²) < 4.78 is 5.03. The number of halogens is 1. The molecule has 0 atom stereocenters. The number of rotatable bonds is 7. The summed E-state index contributed by atoms with van der Waals surface area (Å²) in [6.45, 7) is 4.36. The van der Waals surface area contributed by atoms with Crippen molar-refractivity contribution in [2.75, 3.05) is 23.8 Å². The Morgan fingerprint density at radius 2 is 1.88 bits per heavy atom. The van der Waals surface area contributed by atoms with Crippen molar-refractivity contribution in [3.05, 3.63) is 58.6 Å². The molecule has 0 aliphatic rings. The van der Waals surface area contributed by atoms with Crippen LogP contribution in [0.4, 0.5) is 11.4 Å². The largest absolute Gasteiger partial charge is 0.462 e. The van der Waals surface area contributed by atoms with Crippen molar-refractivity contribution in [3.8, 4) is 0 Å². The van der Waals surface area contributed by atoms with Gasteiger partial charge in [0.25, 0.3) is 0 Å². The lowest BCUT2D eigenvalue weighted by molar-refractivity contribution is -0.115. The Kier molecular flexibility index (Phi) is 6.83. The molecular formula is C19H21ClN2O3. The van der Waals surface area contributed by atoms with E-state index in [-0.39, 0.29) is 18.3 Å². The molecule has 0 saturated carbocycles. The Hall–Kier alpha value is -2.53. The topological polar surface area (TPSA) is 67.4 Å². The number of aryl methyl sites for hydroxylation is 1. The highest BCUT2D eigenvalue weighted by atomic mass is 35.5. The molecule has 0 spiro atoms. The Bertz CT molecular complexity index is 762. The monoisotopic (exact) mass is 360 g/mol. The van der Waals surface area contributed by atoms with Gasteiger partial charge < -0.3 is 15.4 Å². The molecule has 2 aromatic carbocycles. The van der Waals surface area contributed by atoms with Gasteiger partial charge in [0.2, 0.25) is 5.91 Å². The fraction of sp³-hybridized carbons (Fsp3) is 0.263. The molecule has 132 valence electrons. The summed E-state index contributed by atoms with van der Waals surface area (Å²) >= 11 is 5.91. The zero-order valence-electron chi connectivity index (χ0n) is 14.3. The summed E-state index contributed by atoms with van der Waals surface area (Å²) in [5.74, 6) is -0.502. The van der Waals surface area contributed by atoms with Crippen LogP contribution in [0.25, 0.3) is 0 Å². The summed E-state index contributed by atoms with van der Waals surface area (Å²) in [5.41, 5.74) is 2.75. The van der Waals surface area contributed by atoms with Gasteiger partial charge >= 0.3 is 5.97 Å². The number of esters is 1. The molecule has 1 amide bonds. The van der Waals surface area contributed by atoms with Gasteiger partial charge in [-0.3, -0.25) is 4.79 Å². The summed E-state index contributed by atoms with van der Waals surface area (Å²) in [7, 11) is 0. The average molecular weight is 361 g/mol. The van der Waals surface area contributed by atoms with E-state index in [9.17, 15) is 9.59 Å². The number of carbonyl (C=O) groups is 2. The minimum Gasteiger partial charge on any atom is -0.462 e. The first-order valence-corrected chi connectivity index (χ1v) is 8.45. The maximum atomic E-state index is 12.1. The molecule has 2 rings (SSSR count). The van der Waals surface area contributed by atoms with Crippen LogP contribution in [0.5, 0.6) is 0 Å². The predicted molar refractivity (Wildman–Crippen MR) is 100 cm³/mol. The number of carbonyl (C=O) groups excluding carboxylic acids is 2. The van der Waals surface area contributed by atoms with Crippen molar-refractivity contribution in [2.24, 2.45) is 0 Å². The molecule has 0 bridgehead atoms. The van der Waals surface area contributed by atoms with Crippen LogP contribution in [0.15, 0.2) is 42.5 Å². The summed E-state index contributed by atoms with van der Waals surface area (Å²) in [5, 5.41) is 6.59. The molecule has 6 heteroatoms. The second kappa shape index (κ2) is 9.08. The molecule has 0 fully saturated rings. The number of nitrogens with one attached hydrogen (secondary N) is 2. The number of anilines is 2. The maximum Gasteiger partial charge on any atom is 0.340 e. The first kappa shape index (κ1) is 18.8. The van der Waals surface area contributed by atoms with E-state index >= 15 is 0 Å². The normalized spacial score (nSPS) is 10.2. The van der Waals surface area contributed by atoms with Crippen LogP contribution in [0, 0.1) is 6.92 Å². The molecule has 2 N–H and O–H groups in total. The standard InChI is InChI=1S/C19H21ClN2O3/c1-3-25-19(24)15-6-4-5-7-17(15)21-11-10-18(23)22-16-9-8-14(20)12-13(16)2/h4-9,12,21H,3,10-11H2,1-2H3,(H,22,23). The molecule has 0 aliphatic carbocycles. The lowest BCUT2D eigenvalue weighted by atomic mass is 10.1. The van der Waals surface area contributed by atoms with Gasteiger partial charge in [-0.25, -0.2) is 4.79 Å². The zero-order chi connectivity index (χ0) is 18.2. The zero-order valence-corrected chi connectivity index (χ0v) is 15.0. The third-order valence-corrected chi connectivity index (χ3v) is 3.79. The number of para-hydroxylation sites is 1. The fourth-order valence-electron chi connectivity index (χ4n) is 2.31. The van der Waals surface area contributed by atoms with Crippen LogP contribution >= 0.6 is 11.6 Å². The summed E-state index contributed by atoms with van der Waals surface area (Å²) in [4.78, 5) is 24.0. The quantitative estimate of drug-likeness (QED) is 0.724. The Labute approximate surface area is 152 Å². The third-order valence-electron chi connectivity index (χ3n) is 3.55. The molecule has 0 radical (unpaired) electrons. The van der Waals surface area contributed by atoms with Gasteiger partial charge in [-0.05, 0) is 49.7 Å². The lowest BCUT2D eigenvalue weighted by Gasteiger charge is -2.12. The Morgan fingerprint density at radius 3 is 2.60 bits per heavy atom. The van der Waals surface area contributed by atoms with Crippen LogP contribution < -0.4 is 10.6 Å². The third kappa shape index (κ3) is 5.50. The van der Waals surface area contributed by atoms with Gasteiger partial charge in [-0.1, -0.05) is 23.7 Å². The van der Waals surface area contributed by atoms with Crippen LogP contribution in [0.1, 0.15) is 29.3 Å². The van der Waals surface area contributed by atoms with Crippen molar-refractivity contribution in [3.63, 3.8) is 0 Å². The van der Waals surface area contributed by atoms with E-state index in [1.54, 1.807) is 43.3 Å². The van der Waals surface area contributed by atoms with Gasteiger partial charge in [0.05, 0.1) is 12.2 Å². The second-order valence-corrected chi connectivity index (χ2v) is 5.89. The van der Waals surface area contributed by atoms with E-state index in [0.29, 0.717) is 29.4 Å². The van der Waals surface area contributed by atoms with Gasteiger partial charge in [-0.2, -0.15) is 0 Å². The first-order valence-electron chi connectivity index (χ1n) is 8.07. The Balaban J connectivity index is 1.90. The molecule has 2 aromatic rings. The molecule has 0 saturated heterocycles. The highest BCUT2D eigenvalue weighted by Crippen LogP contribution is 2.20. The van der Waals surface area contributed by atoms with Crippen LogP contribution in [-0.4, -0.2) is 25.0 Å². The number of amides is 1. The number of benzene rings is 2. The summed E-state index contributed by atoms with van der Waals surface area (Å²) in [6, 6.07) is 12.4. The van der Waals surface area contributed by atoms with E-state index in [0.717, 1.165) is 11.3 Å². The summed E-state index contributed by atoms with van der Waals surface area (Å²) in [6.07, 6.45) is 0.263. The molecule has 0 heterocycles. The van der Waals surface area contributed by atoms with Crippen molar-refractivity contribution >= 4 is 34.9 Å². The van der Waals surface area contributed by atoms with E-state index in [4.69, 9.17) is 16.3 Å². The van der Waals surface area contributed by atoms with E-state index < -0.39 is 0 Å². The van der Waals surface area contributed by atoms with Crippen LogP contribution in [-0.2, 0) is 9.53 Å². The Morgan fingerprint density at radius 1 is 1.12 bits per heavy atom. The highest BCUT2D eigenvalue weighted by molar-refractivity contribution is 6.30.